The second kappa shape index (κ2) is 7.49. The van der Waals surface area contributed by atoms with Crippen molar-refractivity contribution >= 4 is 17.2 Å². The van der Waals surface area contributed by atoms with E-state index < -0.39 is 11.9 Å². The Hall–Kier alpha value is -2.50. The molecule has 5 heteroatoms. The number of fused-ring (bicyclic) bond motifs is 3. The number of aliphatic hydroxyl groups excluding tert-OH is 1. The van der Waals surface area contributed by atoms with E-state index in [1.165, 1.54) is 34.3 Å². The molecule has 2 aromatic carbocycles. The Kier molecular flexibility index (Phi) is 5.04. The number of aromatic nitrogens is 1. The minimum Gasteiger partial charge on any atom is -0.386 e. The van der Waals surface area contributed by atoms with Crippen LogP contribution in [0.2, 0.25) is 0 Å². The Morgan fingerprint density at radius 3 is 2.71 bits per heavy atom. The van der Waals surface area contributed by atoms with E-state index in [-0.39, 0.29) is 17.7 Å². The molecule has 1 unspecified atom stereocenters. The number of hydrogen-bond acceptors (Lipinski definition) is 3. The lowest BCUT2D eigenvalue weighted by Crippen LogP contribution is -2.21. The van der Waals surface area contributed by atoms with Gasteiger partial charge in [-0.15, -0.1) is 0 Å². The fourth-order valence-corrected chi connectivity index (χ4v) is 4.23. The van der Waals surface area contributed by atoms with Crippen molar-refractivity contribution in [2.45, 2.75) is 32.4 Å². The zero-order chi connectivity index (χ0) is 19.8. The highest BCUT2D eigenvalue weighted by atomic mass is 19.1. The molecule has 0 bridgehead atoms. The molecular weight excluding hydrogens is 355 g/mol. The molecule has 28 heavy (non-hydrogen) atoms. The first-order chi connectivity index (χ1) is 13.5. The van der Waals surface area contributed by atoms with Crippen LogP contribution < -0.4 is 0 Å². The fourth-order valence-electron chi connectivity index (χ4n) is 4.23. The van der Waals surface area contributed by atoms with E-state index in [0.717, 1.165) is 31.4 Å². The highest BCUT2D eigenvalue weighted by molar-refractivity contribution is 5.86. The number of nitrogens with zero attached hydrogens (tertiary/aromatic N) is 2. The lowest BCUT2D eigenvalue weighted by molar-refractivity contribution is 0.112. The Balaban J connectivity index is 1.77. The van der Waals surface area contributed by atoms with Crippen LogP contribution >= 0.6 is 0 Å². The third-order valence-electron chi connectivity index (χ3n) is 5.79. The molecule has 0 amide bonds. The van der Waals surface area contributed by atoms with Gasteiger partial charge in [0, 0.05) is 47.2 Å². The van der Waals surface area contributed by atoms with Crippen molar-refractivity contribution in [2.75, 3.05) is 20.1 Å². The third-order valence-corrected chi connectivity index (χ3v) is 5.79. The summed E-state index contributed by atoms with van der Waals surface area (Å²) in [6.45, 7) is 4.34. The smallest absolute Gasteiger partial charge is 0.150 e. The molecule has 1 aliphatic heterocycles. The maximum Gasteiger partial charge on any atom is 0.150 e. The van der Waals surface area contributed by atoms with Crippen molar-refractivity contribution in [3.8, 4) is 0 Å². The molecule has 1 atom stereocenters. The van der Waals surface area contributed by atoms with Gasteiger partial charge >= 0.3 is 0 Å². The molecule has 0 fully saturated rings. The van der Waals surface area contributed by atoms with E-state index >= 15 is 0 Å². The van der Waals surface area contributed by atoms with Crippen molar-refractivity contribution < 1.29 is 14.3 Å². The van der Waals surface area contributed by atoms with Gasteiger partial charge in [-0.1, -0.05) is 23.8 Å². The van der Waals surface area contributed by atoms with Gasteiger partial charge in [-0.25, -0.2) is 4.39 Å². The fraction of sp³-hybridized carbons (Fsp3) is 0.348. The number of aldehydes is 1. The first kappa shape index (κ1) is 18.8. The predicted octanol–water partition coefficient (Wildman–Crippen LogP) is 3.67. The van der Waals surface area contributed by atoms with Crippen LogP contribution in [0.5, 0.6) is 0 Å². The predicted molar refractivity (Wildman–Crippen MR) is 108 cm³/mol. The Labute approximate surface area is 164 Å². The summed E-state index contributed by atoms with van der Waals surface area (Å²) in [6, 6.07) is 10.6. The van der Waals surface area contributed by atoms with Gasteiger partial charge in [0.2, 0.25) is 0 Å². The molecule has 0 spiro atoms. The summed E-state index contributed by atoms with van der Waals surface area (Å²) >= 11 is 0. The van der Waals surface area contributed by atoms with Gasteiger partial charge in [-0.3, -0.25) is 4.79 Å². The Morgan fingerprint density at radius 2 is 1.96 bits per heavy atom. The lowest BCUT2D eigenvalue weighted by Gasteiger charge is -2.18. The van der Waals surface area contributed by atoms with Crippen LogP contribution in [0.3, 0.4) is 0 Å². The molecule has 0 saturated carbocycles. The minimum atomic E-state index is -0.984. The van der Waals surface area contributed by atoms with Gasteiger partial charge in [-0.05, 0) is 44.2 Å². The van der Waals surface area contributed by atoms with Crippen LogP contribution in [0.25, 0.3) is 10.9 Å². The van der Waals surface area contributed by atoms with E-state index in [1.807, 2.05) is 0 Å². The van der Waals surface area contributed by atoms with Crippen molar-refractivity contribution in [3.63, 3.8) is 0 Å². The summed E-state index contributed by atoms with van der Waals surface area (Å²) in [4.78, 5) is 13.2. The number of rotatable bonds is 4. The Morgan fingerprint density at radius 1 is 1.18 bits per heavy atom. The number of aliphatic hydroxyl groups is 1. The monoisotopic (exact) mass is 380 g/mol. The van der Waals surface area contributed by atoms with Crippen LogP contribution in [-0.2, 0) is 19.4 Å². The molecule has 4 rings (SSSR count). The van der Waals surface area contributed by atoms with Crippen molar-refractivity contribution in [1.82, 2.24) is 9.47 Å². The average molecular weight is 380 g/mol. The largest absolute Gasteiger partial charge is 0.386 e. The van der Waals surface area contributed by atoms with Crippen LogP contribution in [0.15, 0.2) is 36.4 Å². The van der Waals surface area contributed by atoms with Gasteiger partial charge in [0.25, 0.3) is 0 Å². The Bertz CT molecular complexity index is 1040. The summed E-state index contributed by atoms with van der Waals surface area (Å²) in [6.07, 6.45) is 1.50. The average Bonchev–Trinajstić information content (AvgIpc) is 2.81. The summed E-state index contributed by atoms with van der Waals surface area (Å²) in [5.41, 5.74) is 5.36. The van der Waals surface area contributed by atoms with E-state index in [9.17, 15) is 14.3 Å². The number of halogens is 1. The summed E-state index contributed by atoms with van der Waals surface area (Å²) in [5, 5.41) is 12.0. The molecule has 0 radical (unpaired) electrons. The van der Waals surface area contributed by atoms with Gasteiger partial charge in [0.05, 0.1) is 12.6 Å². The summed E-state index contributed by atoms with van der Waals surface area (Å²) in [5.74, 6) is -0.546. The zero-order valence-corrected chi connectivity index (χ0v) is 16.3. The maximum atomic E-state index is 14.4. The molecule has 1 aromatic heterocycles. The lowest BCUT2D eigenvalue weighted by atomic mass is 10.1. The highest BCUT2D eigenvalue weighted by Gasteiger charge is 2.23. The standard InChI is InChI=1S/C23H25FN2O2/c1-15-3-6-21-19(11-15)17-7-9-25(2)10-8-22(17)26(21)13-23(28)18-5-4-16(14-27)12-20(18)24/h3-6,11-12,14,23,28H,7-10,13H2,1-2H3. The second-order valence-corrected chi connectivity index (χ2v) is 7.77. The number of carbonyl (C=O) groups is 1. The van der Waals surface area contributed by atoms with E-state index in [2.05, 4.69) is 41.6 Å². The molecule has 2 heterocycles. The number of hydrogen-bond donors (Lipinski definition) is 1. The first-order valence-corrected chi connectivity index (χ1v) is 9.69. The summed E-state index contributed by atoms with van der Waals surface area (Å²) in [7, 11) is 2.13. The van der Waals surface area contributed by atoms with Gasteiger partial charge in [0.1, 0.15) is 12.1 Å². The molecule has 3 aromatic rings. The number of likely N-dealkylation sites (N-methyl/N-ethyl adjacent to an activating group) is 1. The quantitative estimate of drug-likeness (QED) is 0.703. The van der Waals surface area contributed by atoms with Crippen molar-refractivity contribution in [2.24, 2.45) is 0 Å². The minimum absolute atomic E-state index is 0.221. The SMILES string of the molecule is Cc1ccc2c(c1)c1c(n2CC(O)c2ccc(C=O)cc2F)CCN(C)CC1. The number of aryl methyl sites for hydroxylation is 1. The van der Waals surface area contributed by atoms with Gasteiger partial charge < -0.3 is 14.6 Å². The normalized spacial score (nSPS) is 16.0. The van der Waals surface area contributed by atoms with E-state index in [0.29, 0.717) is 6.29 Å². The van der Waals surface area contributed by atoms with Crippen LogP contribution in [0.4, 0.5) is 4.39 Å². The van der Waals surface area contributed by atoms with Crippen molar-refractivity contribution in [1.29, 1.82) is 0 Å². The van der Waals surface area contributed by atoms with Crippen LogP contribution in [-0.4, -0.2) is 41.0 Å². The molecule has 146 valence electrons. The maximum absolute atomic E-state index is 14.4. The number of carbonyl (C=O) groups excluding carboxylic acids is 1. The topological polar surface area (TPSA) is 45.5 Å². The van der Waals surface area contributed by atoms with E-state index in [1.54, 1.807) is 6.07 Å². The third kappa shape index (κ3) is 3.36. The van der Waals surface area contributed by atoms with Crippen LogP contribution in [0.1, 0.15) is 38.8 Å². The molecule has 0 saturated heterocycles. The van der Waals surface area contributed by atoms with Crippen molar-refractivity contribution in [3.05, 3.63) is 70.2 Å². The molecule has 0 aliphatic carbocycles. The van der Waals surface area contributed by atoms with Crippen LogP contribution in [0, 0.1) is 12.7 Å². The zero-order valence-electron chi connectivity index (χ0n) is 16.3. The van der Waals surface area contributed by atoms with E-state index in [4.69, 9.17) is 0 Å². The molecular formula is C23H25FN2O2. The first-order valence-electron chi connectivity index (χ1n) is 9.69. The summed E-state index contributed by atoms with van der Waals surface area (Å²) < 4.78 is 16.6. The molecule has 1 aliphatic rings. The van der Waals surface area contributed by atoms with Gasteiger partial charge in [-0.2, -0.15) is 0 Å². The molecule has 1 N–H and O–H groups in total. The highest BCUT2D eigenvalue weighted by Crippen LogP contribution is 2.32. The second-order valence-electron chi connectivity index (χ2n) is 7.77. The molecule has 4 nitrogen and oxygen atoms in total. The van der Waals surface area contributed by atoms with Gasteiger partial charge in [0.15, 0.2) is 0 Å². The number of benzene rings is 2.